The van der Waals surface area contributed by atoms with E-state index in [1.54, 1.807) is 0 Å². The van der Waals surface area contributed by atoms with Gasteiger partial charge in [-0.25, -0.2) is 0 Å². The maximum absolute atomic E-state index is 3.91. The van der Waals surface area contributed by atoms with Crippen LogP contribution in [0.3, 0.4) is 0 Å². The third-order valence-corrected chi connectivity index (χ3v) is 3.71. The highest BCUT2D eigenvalue weighted by molar-refractivity contribution is 4.99. The number of hydrogen-bond acceptors (Lipinski definition) is 3. The standard InChI is InChI=1S/C11H20N4/c1-9(2)11(4-5-11)8-12-6-10-7-13-14-15(10)3/h7,9,12H,4-6,8H2,1-3H3. The second kappa shape index (κ2) is 3.93. The first-order chi connectivity index (χ1) is 7.14. The molecule has 0 aromatic carbocycles. The van der Waals surface area contributed by atoms with Crippen molar-refractivity contribution in [1.29, 1.82) is 0 Å². The molecule has 1 N–H and O–H groups in total. The predicted octanol–water partition coefficient (Wildman–Crippen LogP) is 1.34. The summed E-state index contributed by atoms with van der Waals surface area (Å²) in [5.74, 6) is 0.787. The molecule has 84 valence electrons. The molecule has 1 aliphatic rings. The van der Waals surface area contributed by atoms with Crippen molar-refractivity contribution in [2.75, 3.05) is 6.54 Å². The summed E-state index contributed by atoms with van der Waals surface area (Å²) in [7, 11) is 1.93. The molecule has 15 heavy (non-hydrogen) atoms. The highest BCUT2D eigenvalue weighted by Crippen LogP contribution is 2.51. The Hall–Kier alpha value is -0.900. The first-order valence-electron chi connectivity index (χ1n) is 5.68. The SMILES string of the molecule is CC(C)C1(CNCc2cnnn2C)CC1. The Morgan fingerprint density at radius 1 is 1.53 bits per heavy atom. The molecule has 0 amide bonds. The van der Waals surface area contributed by atoms with Crippen molar-refractivity contribution in [3.63, 3.8) is 0 Å². The van der Waals surface area contributed by atoms with Gasteiger partial charge in [0, 0.05) is 20.1 Å². The zero-order valence-electron chi connectivity index (χ0n) is 9.82. The Balaban J connectivity index is 1.78. The number of hydrogen-bond donors (Lipinski definition) is 1. The van der Waals surface area contributed by atoms with E-state index in [0.717, 1.165) is 24.7 Å². The zero-order valence-corrected chi connectivity index (χ0v) is 9.82. The molecule has 0 saturated heterocycles. The minimum absolute atomic E-state index is 0.575. The maximum Gasteiger partial charge on any atom is 0.0738 e. The zero-order chi connectivity index (χ0) is 10.9. The molecule has 1 aliphatic carbocycles. The summed E-state index contributed by atoms with van der Waals surface area (Å²) >= 11 is 0. The van der Waals surface area contributed by atoms with Gasteiger partial charge < -0.3 is 5.32 Å². The lowest BCUT2D eigenvalue weighted by Gasteiger charge is -2.19. The average molecular weight is 208 g/mol. The van der Waals surface area contributed by atoms with E-state index in [1.165, 1.54) is 12.8 Å². The van der Waals surface area contributed by atoms with Gasteiger partial charge in [0.15, 0.2) is 0 Å². The van der Waals surface area contributed by atoms with Gasteiger partial charge in [0.1, 0.15) is 0 Å². The molecule has 1 heterocycles. The summed E-state index contributed by atoms with van der Waals surface area (Å²) in [4.78, 5) is 0. The Bertz CT molecular complexity index is 325. The lowest BCUT2D eigenvalue weighted by molar-refractivity contribution is 0.336. The molecular weight excluding hydrogens is 188 g/mol. The largest absolute Gasteiger partial charge is 0.311 e. The van der Waals surface area contributed by atoms with Crippen molar-refractivity contribution >= 4 is 0 Å². The van der Waals surface area contributed by atoms with Crippen LogP contribution in [0.25, 0.3) is 0 Å². The smallest absolute Gasteiger partial charge is 0.0738 e. The fourth-order valence-electron chi connectivity index (χ4n) is 2.03. The summed E-state index contributed by atoms with van der Waals surface area (Å²) in [6, 6.07) is 0. The monoisotopic (exact) mass is 208 g/mol. The molecule has 0 spiro atoms. The van der Waals surface area contributed by atoms with Gasteiger partial charge in [0.2, 0.25) is 0 Å². The van der Waals surface area contributed by atoms with Gasteiger partial charge in [-0.3, -0.25) is 4.68 Å². The highest BCUT2D eigenvalue weighted by Gasteiger charge is 2.44. The number of nitrogens with one attached hydrogen (secondary N) is 1. The van der Waals surface area contributed by atoms with Gasteiger partial charge in [0.25, 0.3) is 0 Å². The molecule has 1 aromatic rings. The summed E-state index contributed by atoms with van der Waals surface area (Å²) < 4.78 is 1.82. The molecule has 1 saturated carbocycles. The van der Waals surface area contributed by atoms with Crippen LogP contribution in [0.15, 0.2) is 6.20 Å². The minimum atomic E-state index is 0.575. The normalized spacial score (nSPS) is 18.4. The van der Waals surface area contributed by atoms with Gasteiger partial charge in [-0.15, -0.1) is 5.10 Å². The van der Waals surface area contributed by atoms with E-state index in [2.05, 4.69) is 29.5 Å². The fourth-order valence-corrected chi connectivity index (χ4v) is 2.03. The van der Waals surface area contributed by atoms with E-state index in [0.29, 0.717) is 5.41 Å². The van der Waals surface area contributed by atoms with Crippen LogP contribution >= 0.6 is 0 Å². The average Bonchev–Trinajstić information content (AvgIpc) is 2.87. The minimum Gasteiger partial charge on any atom is -0.311 e. The Morgan fingerprint density at radius 2 is 2.27 bits per heavy atom. The Labute approximate surface area is 91.1 Å². The molecule has 0 bridgehead atoms. The quantitative estimate of drug-likeness (QED) is 0.794. The fraction of sp³-hybridized carbons (Fsp3) is 0.818. The molecule has 1 fully saturated rings. The second-order valence-electron chi connectivity index (χ2n) is 4.97. The van der Waals surface area contributed by atoms with E-state index >= 15 is 0 Å². The van der Waals surface area contributed by atoms with Crippen molar-refractivity contribution < 1.29 is 0 Å². The third kappa shape index (κ3) is 2.20. The summed E-state index contributed by atoms with van der Waals surface area (Å²) in [6.07, 6.45) is 4.57. The molecule has 1 aromatic heterocycles. The van der Waals surface area contributed by atoms with Crippen molar-refractivity contribution in [3.05, 3.63) is 11.9 Å². The maximum atomic E-state index is 3.91. The van der Waals surface area contributed by atoms with Crippen LogP contribution < -0.4 is 5.32 Å². The molecule has 0 radical (unpaired) electrons. The predicted molar refractivity (Wildman–Crippen MR) is 59.2 cm³/mol. The van der Waals surface area contributed by atoms with Crippen LogP contribution in [0.4, 0.5) is 0 Å². The van der Waals surface area contributed by atoms with Crippen molar-refractivity contribution in [2.24, 2.45) is 18.4 Å². The first kappa shape index (κ1) is 10.6. The number of aromatic nitrogens is 3. The first-order valence-corrected chi connectivity index (χ1v) is 5.68. The summed E-state index contributed by atoms with van der Waals surface area (Å²) in [5, 5.41) is 11.3. The van der Waals surface area contributed by atoms with Crippen LogP contribution in [-0.4, -0.2) is 21.5 Å². The Morgan fingerprint density at radius 3 is 2.73 bits per heavy atom. The van der Waals surface area contributed by atoms with E-state index < -0.39 is 0 Å². The van der Waals surface area contributed by atoms with E-state index in [4.69, 9.17) is 0 Å². The van der Waals surface area contributed by atoms with Crippen LogP contribution in [0.1, 0.15) is 32.4 Å². The van der Waals surface area contributed by atoms with Crippen LogP contribution in [-0.2, 0) is 13.6 Å². The molecule has 0 aliphatic heterocycles. The van der Waals surface area contributed by atoms with Crippen molar-refractivity contribution in [2.45, 2.75) is 33.2 Å². The van der Waals surface area contributed by atoms with Crippen molar-refractivity contribution in [3.8, 4) is 0 Å². The van der Waals surface area contributed by atoms with Crippen molar-refractivity contribution in [1.82, 2.24) is 20.3 Å². The van der Waals surface area contributed by atoms with Crippen LogP contribution in [0, 0.1) is 11.3 Å². The molecule has 4 nitrogen and oxygen atoms in total. The number of aryl methyl sites for hydroxylation is 1. The number of nitrogens with zero attached hydrogens (tertiary/aromatic N) is 3. The molecule has 4 heteroatoms. The number of rotatable bonds is 5. The van der Waals surface area contributed by atoms with Gasteiger partial charge >= 0.3 is 0 Å². The van der Waals surface area contributed by atoms with Gasteiger partial charge in [-0.2, -0.15) is 0 Å². The topological polar surface area (TPSA) is 42.7 Å². The lowest BCUT2D eigenvalue weighted by atomic mass is 9.92. The Kier molecular flexibility index (Phi) is 2.78. The van der Waals surface area contributed by atoms with Gasteiger partial charge in [0.05, 0.1) is 11.9 Å². The van der Waals surface area contributed by atoms with Crippen LogP contribution in [0.5, 0.6) is 0 Å². The summed E-state index contributed by atoms with van der Waals surface area (Å²) in [6.45, 7) is 6.63. The molecular formula is C11H20N4. The second-order valence-corrected chi connectivity index (χ2v) is 4.97. The van der Waals surface area contributed by atoms with E-state index in [9.17, 15) is 0 Å². The third-order valence-electron chi connectivity index (χ3n) is 3.71. The molecule has 0 unspecified atom stereocenters. The molecule has 0 atom stereocenters. The molecule has 2 rings (SSSR count). The highest BCUT2D eigenvalue weighted by atomic mass is 15.4. The lowest BCUT2D eigenvalue weighted by Crippen LogP contribution is -2.27. The van der Waals surface area contributed by atoms with E-state index in [-0.39, 0.29) is 0 Å². The van der Waals surface area contributed by atoms with Gasteiger partial charge in [-0.05, 0) is 24.2 Å². The summed E-state index contributed by atoms with van der Waals surface area (Å²) in [5.41, 5.74) is 1.72. The van der Waals surface area contributed by atoms with Gasteiger partial charge in [-0.1, -0.05) is 19.1 Å². The van der Waals surface area contributed by atoms with E-state index in [1.807, 2.05) is 17.9 Å². The van der Waals surface area contributed by atoms with Crippen LogP contribution in [0.2, 0.25) is 0 Å².